The van der Waals surface area contributed by atoms with E-state index in [0.29, 0.717) is 11.4 Å². The second kappa shape index (κ2) is 11.7. The van der Waals surface area contributed by atoms with Crippen molar-refractivity contribution in [3.8, 4) is 0 Å². The van der Waals surface area contributed by atoms with Gasteiger partial charge < -0.3 is 21.1 Å². The highest BCUT2D eigenvalue weighted by Crippen LogP contribution is 2.34. The van der Waals surface area contributed by atoms with Crippen LogP contribution in [0.4, 0.5) is 4.79 Å². The number of benzene rings is 1. The fourth-order valence-corrected chi connectivity index (χ4v) is 4.85. The van der Waals surface area contributed by atoms with Crippen molar-refractivity contribution >= 4 is 55.6 Å². The predicted molar refractivity (Wildman–Crippen MR) is 139 cm³/mol. The molecule has 0 radical (unpaired) electrons. The number of ether oxygens (including phenoxy) is 1. The average Bonchev–Trinajstić information content (AvgIpc) is 2.66. The van der Waals surface area contributed by atoms with Crippen LogP contribution in [-0.2, 0) is 4.74 Å². The van der Waals surface area contributed by atoms with E-state index in [0.717, 1.165) is 33.2 Å². The number of hydrogen-bond acceptors (Lipinski definition) is 5. The summed E-state index contributed by atoms with van der Waals surface area (Å²) < 4.78 is 7.14. The van der Waals surface area contributed by atoms with Gasteiger partial charge in [-0.05, 0) is 81.1 Å². The first-order valence-corrected chi connectivity index (χ1v) is 13.1. The molecule has 6 nitrogen and oxygen atoms in total. The van der Waals surface area contributed by atoms with E-state index in [-0.39, 0.29) is 11.8 Å². The Morgan fingerprint density at radius 2 is 1.84 bits per heavy atom. The number of carbonyl (C=O) groups is 2. The highest BCUT2D eigenvalue weighted by molar-refractivity contribution is 9.11. The third kappa shape index (κ3) is 9.29. The van der Waals surface area contributed by atoms with E-state index in [4.69, 9.17) is 10.5 Å². The van der Waals surface area contributed by atoms with Crippen molar-refractivity contribution in [2.45, 2.75) is 51.7 Å². The van der Waals surface area contributed by atoms with Crippen LogP contribution in [0.2, 0.25) is 0 Å². The molecule has 0 aliphatic heterocycles. The monoisotopic (exact) mass is 587 g/mol. The summed E-state index contributed by atoms with van der Waals surface area (Å²) in [4.78, 5) is 24.3. The molecule has 0 saturated heterocycles. The number of nitrogens with two attached hydrogens (primary N) is 1. The van der Waals surface area contributed by atoms with Gasteiger partial charge in [0.25, 0.3) is 5.91 Å². The van der Waals surface area contributed by atoms with Gasteiger partial charge in [0, 0.05) is 27.2 Å². The van der Waals surface area contributed by atoms with Gasteiger partial charge in [0.1, 0.15) is 5.60 Å². The second-order valence-corrected chi connectivity index (χ2v) is 12.0. The number of allylic oxidation sites excluding steroid dienone is 2. The van der Waals surface area contributed by atoms with Gasteiger partial charge in [0.2, 0.25) is 0 Å². The van der Waals surface area contributed by atoms with Crippen molar-refractivity contribution in [2.24, 2.45) is 11.7 Å². The van der Waals surface area contributed by atoms with Crippen molar-refractivity contribution < 1.29 is 14.3 Å². The maximum Gasteiger partial charge on any atom is 0.408 e. The highest BCUT2D eigenvalue weighted by atomic mass is 79.9. The van der Waals surface area contributed by atoms with Crippen molar-refractivity contribution in [3.63, 3.8) is 0 Å². The van der Waals surface area contributed by atoms with Crippen LogP contribution in [0.3, 0.4) is 0 Å². The molecule has 0 fully saturated rings. The van der Waals surface area contributed by atoms with Crippen LogP contribution in [0.25, 0.3) is 0 Å². The lowest BCUT2D eigenvalue weighted by atomic mass is 9.79. The number of hydrogen-bond donors (Lipinski definition) is 3. The molecule has 0 spiro atoms. The third-order valence-electron chi connectivity index (χ3n) is 4.82. The highest BCUT2D eigenvalue weighted by Gasteiger charge is 2.31. The maximum absolute atomic E-state index is 12.6. The molecule has 2 unspecified atom stereocenters. The molecule has 1 aromatic carbocycles. The maximum atomic E-state index is 12.6. The Labute approximate surface area is 211 Å². The topological polar surface area (TPSA) is 93.4 Å². The minimum atomic E-state index is -0.511. The largest absolute Gasteiger partial charge is 0.444 e. The van der Waals surface area contributed by atoms with Gasteiger partial charge in [-0.15, -0.1) is 11.8 Å². The fraction of sp³-hybridized carbons (Fsp3) is 0.478. The van der Waals surface area contributed by atoms with Crippen molar-refractivity contribution in [3.05, 3.63) is 56.6 Å². The predicted octanol–water partition coefficient (Wildman–Crippen LogP) is 5.68. The van der Waals surface area contributed by atoms with Crippen LogP contribution in [0.5, 0.6) is 0 Å². The average molecular weight is 589 g/mol. The molecule has 4 N–H and O–H groups in total. The van der Waals surface area contributed by atoms with Gasteiger partial charge in [-0.1, -0.05) is 37.9 Å². The van der Waals surface area contributed by atoms with Crippen molar-refractivity contribution in [1.82, 2.24) is 10.6 Å². The van der Waals surface area contributed by atoms with Crippen LogP contribution >= 0.6 is 43.6 Å². The van der Waals surface area contributed by atoms with Crippen LogP contribution in [0, 0.1) is 5.92 Å². The van der Waals surface area contributed by atoms with E-state index < -0.39 is 17.2 Å². The van der Waals surface area contributed by atoms with Crippen molar-refractivity contribution in [1.29, 1.82) is 0 Å². The van der Waals surface area contributed by atoms with Gasteiger partial charge in [-0.2, -0.15) is 0 Å². The number of carbonyl (C=O) groups excluding carboxylic acids is 2. The molecular formula is C23H31Br2N3O3S. The Bertz CT molecular complexity index is 877. The summed E-state index contributed by atoms with van der Waals surface area (Å²) >= 11 is 8.57. The van der Waals surface area contributed by atoms with Crippen molar-refractivity contribution in [2.75, 3.05) is 11.6 Å². The van der Waals surface area contributed by atoms with Gasteiger partial charge in [-0.3, -0.25) is 4.79 Å². The van der Waals surface area contributed by atoms with Gasteiger partial charge in [0.15, 0.2) is 0 Å². The Morgan fingerprint density at radius 1 is 1.19 bits per heavy atom. The summed E-state index contributed by atoms with van der Waals surface area (Å²) in [6, 6.07) is 7.22. The van der Waals surface area contributed by atoms with E-state index in [2.05, 4.69) is 42.5 Å². The number of alkyl carbamates (subject to hydrolysis) is 1. The number of nitrogens with one attached hydrogen (secondary N) is 2. The lowest BCUT2D eigenvalue weighted by molar-refractivity contribution is 0.0538. The summed E-state index contributed by atoms with van der Waals surface area (Å²) in [5.74, 6) is 1.14. The minimum Gasteiger partial charge on any atom is -0.444 e. The zero-order valence-corrected chi connectivity index (χ0v) is 22.8. The van der Waals surface area contributed by atoms with Crippen LogP contribution in [0.1, 0.15) is 50.9 Å². The summed E-state index contributed by atoms with van der Waals surface area (Å²) in [6.07, 6.45) is 5.05. The third-order valence-corrected chi connectivity index (χ3v) is 6.74. The first-order valence-electron chi connectivity index (χ1n) is 10.3. The van der Waals surface area contributed by atoms with Crippen LogP contribution in [0.15, 0.2) is 51.1 Å². The number of amides is 2. The van der Waals surface area contributed by atoms with E-state index >= 15 is 0 Å². The lowest BCUT2D eigenvalue weighted by Gasteiger charge is -2.34. The molecule has 1 aliphatic rings. The van der Waals surface area contributed by atoms with E-state index in [9.17, 15) is 9.59 Å². The Morgan fingerprint density at radius 3 is 2.47 bits per heavy atom. The summed E-state index contributed by atoms with van der Waals surface area (Å²) in [5, 5.41) is 5.71. The molecule has 1 aromatic rings. The molecule has 0 bridgehead atoms. The van der Waals surface area contributed by atoms with E-state index in [1.54, 1.807) is 23.9 Å². The van der Waals surface area contributed by atoms with Gasteiger partial charge >= 0.3 is 6.09 Å². The molecule has 9 heteroatoms. The quantitative estimate of drug-likeness (QED) is 0.268. The summed E-state index contributed by atoms with van der Waals surface area (Å²) in [6.45, 7) is 7.52. The molecule has 2 atom stereocenters. The molecule has 176 valence electrons. The molecule has 0 saturated carbocycles. The zero-order valence-electron chi connectivity index (χ0n) is 18.8. The molecule has 2 rings (SSSR count). The van der Waals surface area contributed by atoms with Gasteiger partial charge in [0.05, 0.1) is 5.88 Å². The van der Waals surface area contributed by atoms with Crippen LogP contribution < -0.4 is 16.4 Å². The molecule has 0 heterocycles. The Balaban J connectivity index is 1.88. The first kappa shape index (κ1) is 27.0. The fourth-order valence-electron chi connectivity index (χ4n) is 3.04. The van der Waals surface area contributed by atoms with E-state index in [1.807, 2.05) is 52.0 Å². The molecular weight excluding hydrogens is 558 g/mol. The Kier molecular flexibility index (Phi) is 9.87. The molecule has 0 aromatic heterocycles. The Hall–Kier alpha value is -1.29. The normalized spacial score (nSPS) is 18.2. The smallest absolute Gasteiger partial charge is 0.408 e. The number of thioether (sulfide) groups is 1. The lowest BCUT2D eigenvalue weighted by Crippen LogP contribution is -2.45. The summed E-state index contributed by atoms with van der Waals surface area (Å²) in [5.41, 5.74) is 7.00. The SMILES string of the molecule is CC(C)(C)OC(=O)NCSCCC(C)(N)C1C=C(NC(=O)c2ccc(Br)cc2)C=C(Br)C1. The first-order chi connectivity index (χ1) is 14.9. The van der Waals surface area contributed by atoms with Gasteiger partial charge in [-0.25, -0.2) is 4.79 Å². The standard InChI is InChI=1S/C23H31Br2N3O3S/c1-22(2,3)31-21(30)27-14-32-10-9-23(4,26)16-11-18(25)13-19(12-16)28-20(29)15-5-7-17(24)8-6-15/h5-8,12-13,16H,9-11,14,26H2,1-4H3,(H,27,30)(H,28,29). The second-order valence-electron chi connectivity index (χ2n) is 8.97. The zero-order chi connectivity index (χ0) is 23.9. The molecule has 32 heavy (non-hydrogen) atoms. The summed E-state index contributed by atoms with van der Waals surface area (Å²) in [7, 11) is 0. The molecule has 2 amide bonds. The molecule has 1 aliphatic carbocycles. The number of halogens is 2. The van der Waals surface area contributed by atoms with Crippen LogP contribution in [-0.4, -0.2) is 34.8 Å². The minimum absolute atomic E-state index is 0.0570. The van der Waals surface area contributed by atoms with E-state index in [1.165, 1.54) is 0 Å². The number of rotatable bonds is 8.